The molecule has 144 valence electrons. The Morgan fingerprint density at radius 2 is 1.96 bits per heavy atom. The summed E-state index contributed by atoms with van der Waals surface area (Å²) in [6.45, 7) is 8.54. The lowest BCUT2D eigenvalue weighted by atomic mass is 10.1. The van der Waals surface area contributed by atoms with Crippen LogP contribution >= 0.6 is 24.0 Å². The SMILES string of the molecule is CN=C(NCCCn1cccn1)NCc1ccccc1OC(C)(C)C.I. The molecule has 2 aromatic rings. The van der Waals surface area contributed by atoms with E-state index in [1.807, 2.05) is 35.1 Å². The number of aliphatic imine (C=N–C) groups is 1. The lowest BCUT2D eigenvalue weighted by Gasteiger charge is -2.23. The maximum Gasteiger partial charge on any atom is 0.191 e. The summed E-state index contributed by atoms with van der Waals surface area (Å²) in [7, 11) is 1.78. The van der Waals surface area contributed by atoms with Crippen molar-refractivity contribution in [3.63, 3.8) is 0 Å². The quantitative estimate of drug-likeness (QED) is 0.281. The minimum absolute atomic E-state index is 0. The molecule has 0 saturated carbocycles. The van der Waals surface area contributed by atoms with E-state index in [9.17, 15) is 0 Å². The van der Waals surface area contributed by atoms with Crippen LogP contribution in [0.4, 0.5) is 0 Å². The smallest absolute Gasteiger partial charge is 0.191 e. The third kappa shape index (κ3) is 8.07. The average Bonchev–Trinajstić information content (AvgIpc) is 3.07. The maximum absolute atomic E-state index is 6.03. The molecule has 1 aromatic carbocycles. The van der Waals surface area contributed by atoms with Gasteiger partial charge >= 0.3 is 0 Å². The molecule has 0 aliphatic carbocycles. The second-order valence-electron chi connectivity index (χ2n) is 6.80. The number of rotatable bonds is 7. The van der Waals surface area contributed by atoms with Gasteiger partial charge in [0.15, 0.2) is 5.96 Å². The van der Waals surface area contributed by atoms with Crippen LogP contribution in [0.25, 0.3) is 0 Å². The molecule has 0 saturated heterocycles. The molecule has 0 radical (unpaired) electrons. The number of aromatic nitrogens is 2. The van der Waals surface area contributed by atoms with E-state index in [1.165, 1.54) is 0 Å². The van der Waals surface area contributed by atoms with Crippen LogP contribution in [-0.4, -0.2) is 34.9 Å². The molecule has 1 aromatic heterocycles. The number of para-hydroxylation sites is 1. The fraction of sp³-hybridized carbons (Fsp3) is 0.474. The Balaban J connectivity index is 0.00000338. The van der Waals surface area contributed by atoms with Gasteiger partial charge in [-0.1, -0.05) is 18.2 Å². The first-order valence-electron chi connectivity index (χ1n) is 8.67. The highest BCUT2D eigenvalue weighted by molar-refractivity contribution is 14.0. The van der Waals surface area contributed by atoms with Crippen LogP contribution in [-0.2, 0) is 13.1 Å². The zero-order chi connectivity index (χ0) is 18.1. The highest BCUT2D eigenvalue weighted by Gasteiger charge is 2.14. The molecule has 0 aliphatic rings. The zero-order valence-corrected chi connectivity index (χ0v) is 18.4. The first-order chi connectivity index (χ1) is 12.0. The molecular weight excluding hydrogens is 441 g/mol. The van der Waals surface area contributed by atoms with Crippen molar-refractivity contribution in [1.82, 2.24) is 20.4 Å². The number of hydrogen-bond acceptors (Lipinski definition) is 3. The first-order valence-corrected chi connectivity index (χ1v) is 8.67. The van der Waals surface area contributed by atoms with E-state index in [2.05, 4.69) is 47.6 Å². The van der Waals surface area contributed by atoms with Crippen LogP contribution in [0.3, 0.4) is 0 Å². The van der Waals surface area contributed by atoms with E-state index >= 15 is 0 Å². The molecule has 0 amide bonds. The van der Waals surface area contributed by atoms with Gasteiger partial charge in [0.2, 0.25) is 0 Å². The fourth-order valence-corrected chi connectivity index (χ4v) is 2.36. The van der Waals surface area contributed by atoms with Gasteiger partial charge in [0.05, 0.1) is 0 Å². The summed E-state index contributed by atoms with van der Waals surface area (Å²) < 4.78 is 7.96. The molecule has 2 rings (SSSR count). The van der Waals surface area contributed by atoms with E-state index in [0.717, 1.165) is 36.8 Å². The van der Waals surface area contributed by atoms with Crippen molar-refractivity contribution in [1.29, 1.82) is 0 Å². The van der Waals surface area contributed by atoms with Crippen LogP contribution in [0, 0.1) is 0 Å². The lowest BCUT2D eigenvalue weighted by molar-refractivity contribution is 0.129. The Morgan fingerprint density at radius 1 is 1.19 bits per heavy atom. The largest absolute Gasteiger partial charge is 0.488 e. The zero-order valence-electron chi connectivity index (χ0n) is 16.0. The van der Waals surface area contributed by atoms with Crippen molar-refractivity contribution in [2.75, 3.05) is 13.6 Å². The molecule has 0 aliphatic heterocycles. The Kier molecular flexibility index (Phi) is 9.47. The van der Waals surface area contributed by atoms with E-state index < -0.39 is 0 Å². The van der Waals surface area contributed by atoms with E-state index in [1.54, 1.807) is 13.2 Å². The number of ether oxygens (including phenoxy) is 1. The molecule has 0 unspecified atom stereocenters. The van der Waals surface area contributed by atoms with E-state index in [-0.39, 0.29) is 29.6 Å². The van der Waals surface area contributed by atoms with Gasteiger partial charge in [0.25, 0.3) is 0 Å². The summed E-state index contributed by atoms with van der Waals surface area (Å²) in [5.41, 5.74) is 0.889. The molecule has 0 bridgehead atoms. The Morgan fingerprint density at radius 3 is 2.62 bits per heavy atom. The summed E-state index contributed by atoms with van der Waals surface area (Å²) in [4.78, 5) is 4.27. The van der Waals surface area contributed by atoms with Crippen LogP contribution < -0.4 is 15.4 Å². The minimum atomic E-state index is -0.220. The minimum Gasteiger partial charge on any atom is -0.488 e. The Hall–Kier alpha value is -1.77. The van der Waals surface area contributed by atoms with Crippen molar-refractivity contribution in [2.24, 2.45) is 4.99 Å². The average molecular weight is 471 g/mol. The number of nitrogens with zero attached hydrogens (tertiary/aromatic N) is 3. The molecule has 1 heterocycles. The van der Waals surface area contributed by atoms with Crippen LogP contribution in [0.1, 0.15) is 32.8 Å². The third-order valence-corrected chi connectivity index (χ3v) is 3.47. The van der Waals surface area contributed by atoms with Crippen molar-refractivity contribution in [3.8, 4) is 5.75 Å². The molecule has 0 spiro atoms. The molecule has 0 fully saturated rings. The highest BCUT2D eigenvalue weighted by atomic mass is 127. The number of guanidine groups is 1. The van der Waals surface area contributed by atoms with Gasteiger partial charge in [0.1, 0.15) is 11.4 Å². The summed E-state index contributed by atoms with van der Waals surface area (Å²) in [5, 5.41) is 10.9. The number of aryl methyl sites for hydroxylation is 1. The number of nitrogens with one attached hydrogen (secondary N) is 2. The third-order valence-electron chi connectivity index (χ3n) is 3.47. The Labute approximate surface area is 173 Å². The molecular formula is C19H30IN5O. The second kappa shape index (κ2) is 11.1. The van der Waals surface area contributed by atoms with Crippen molar-refractivity contribution in [3.05, 3.63) is 48.3 Å². The van der Waals surface area contributed by atoms with Gasteiger partial charge < -0.3 is 15.4 Å². The summed E-state index contributed by atoms with van der Waals surface area (Å²) in [5.74, 6) is 1.68. The fourth-order valence-electron chi connectivity index (χ4n) is 2.36. The number of benzene rings is 1. The maximum atomic E-state index is 6.03. The normalized spacial score (nSPS) is 11.6. The van der Waals surface area contributed by atoms with Crippen molar-refractivity contribution >= 4 is 29.9 Å². The van der Waals surface area contributed by atoms with Crippen LogP contribution in [0.2, 0.25) is 0 Å². The summed E-state index contributed by atoms with van der Waals surface area (Å²) in [6.07, 6.45) is 4.75. The van der Waals surface area contributed by atoms with Gasteiger partial charge in [-0.25, -0.2) is 0 Å². The predicted octanol–water partition coefficient (Wildman–Crippen LogP) is 3.43. The number of halogens is 1. The summed E-state index contributed by atoms with van der Waals surface area (Å²) in [6, 6.07) is 10.0. The highest BCUT2D eigenvalue weighted by Crippen LogP contribution is 2.22. The molecule has 7 heteroatoms. The summed E-state index contributed by atoms with van der Waals surface area (Å²) >= 11 is 0. The monoisotopic (exact) mass is 471 g/mol. The van der Waals surface area contributed by atoms with Gasteiger partial charge in [-0.15, -0.1) is 24.0 Å². The van der Waals surface area contributed by atoms with Gasteiger partial charge in [-0.3, -0.25) is 9.67 Å². The lowest BCUT2D eigenvalue weighted by Crippen LogP contribution is -2.37. The van der Waals surface area contributed by atoms with E-state index in [4.69, 9.17) is 4.74 Å². The van der Waals surface area contributed by atoms with E-state index in [0.29, 0.717) is 6.54 Å². The molecule has 2 N–H and O–H groups in total. The molecule has 6 nitrogen and oxygen atoms in total. The van der Waals surface area contributed by atoms with Crippen molar-refractivity contribution < 1.29 is 4.74 Å². The molecule has 26 heavy (non-hydrogen) atoms. The predicted molar refractivity (Wildman–Crippen MR) is 117 cm³/mol. The first kappa shape index (κ1) is 22.3. The van der Waals surface area contributed by atoms with Crippen molar-refractivity contribution in [2.45, 2.75) is 45.9 Å². The topological polar surface area (TPSA) is 63.5 Å². The van der Waals surface area contributed by atoms with Crippen LogP contribution in [0.5, 0.6) is 5.75 Å². The van der Waals surface area contributed by atoms with Gasteiger partial charge in [0, 0.05) is 44.6 Å². The van der Waals surface area contributed by atoms with Gasteiger partial charge in [-0.05, 0) is 39.3 Å². The standard InChI is InChI=1S/C19H29N5O.HI/c1-19(2,3)25-17-10-6-5-9-16(17)15-22-18(20-4)21-11-7-13-24-14-8-12-23-24;/h5-6,8-10,12,14H,7,11,13,15H2,1-4H3,(H2,20,21,22);1H. The van der Waals surface area contributed by atoms with Crippen LogP contribution in [0.15, 0.2) is 47.7 Å². The Bertz CT molecular complexity index is 665. The van der Waals surface area contributed by atoms with Gasteiger partial charge in [-0.2, -0.15) is 5.10 Å². The number of hydrogen-bond donors (Lipinski definition) is 2. The second-order valence-corrected chi connectivity index (χ2v) is 6.80. The molecule has 0 atom stereocenters.